The van der Waals surface area contributed by atoms with Crippen molar-refractivity contribution in [2.75, 3.05) is 0 Å². The molecule has 0 heterocycles. The number of benzene rings is 3. The van der Waals surface area contributed by atoms with Gasteiger partial charge in [0, 0.05) is 17.7 Å². The Morgan fingerprint density at radius 3 is 2.21 bits per heavy atom. The summed E-state index contributed by atoms with van der Waals surface area (Å²) in [6, 6.07) is 22.5. The standard InChI is InChI=1S/C20H16FNO2/c21-18-8-10-19(11-9-18)22(23)14-16-6-12-20(13-7-16)24-15-17-4-2-1-3-5-17/h1-14H,15H2/b22-14+. The first-order valence-corrected chi connectivity index (χ1v) is 7.54. The number of ether oxygens (including phenoxy) is 1. The van der Waals surface area contributed by atoms with E-state index in [4.69, 9.17) is 4.74 Å². The Hall–Kier alpha value is -3.14. The van der Waals surface area contributed by atoms with Gasteiger partial charge in [-0.3, -0.25) is 0 Å². The van der Waals surface area contributed by atoms with Crippen LogP contribution < -0.4 is 4.74 Å². The normalized spacial score (nSPS) is 11.3. The van der Waals surface area contributed by atoms with Crippen molar-refractivity contribution in [2.24, 2.45) is 0 Å². The fourth-order valence-electron chi connectivity index (χ4n) is 2.19. The number of hydrogen-bond acceptors (Lipinski definition) is 2. The fourth-order valence-corrected chi connectivity index (χ4v) is 2.19. The molecule has 0 aliphatic heterocycles. The maximum atomic E-state index is 12.9. The molecule has 24 heavy (non-hydrogen) atoms. The molecule has 0 spiro atoms. The maximum absolute atomic E-state index is 12.9. The number of halogens is 1. The Labute approximate surface area is 139 Å². The molecule has 0 amide bonds. The molecular formula is C20H16FNO2. The minimum Gasteiger partial charge on any atom is -0.618 e. The van der Waals surface area contributed by atoms with E-state index in [-0.39, 0.29) is 5.82 Å². The first-order valence-electron chi connectivity index (χ1n) is 7.54. The summed E-state index contributed by atoms with van der Waals surface area (Å²) in [5.74, 6) is 0.363. The minimum atomic E-state index is -0.368. The Kier molecular flexibility index (Phi) is 4.87. The molecule has 3 aromatic rings. The van der Waals surface area contributed by atoms with E-state index in [1.165, 1.54) is 30.5 Å². The average Bonchev–Trinajstić information content (AvgIpc) is 2.62. The predicted octanol–water partition coefficient (Wildman–Crippen LogP) is 4.67. The van der Waals surface area contributed by atoms with Crippen LogP contribution in [0.1, 0.15) is 11.1 Å². The molecule has 0 aliphatic rings. The molecule has 0 bridgehead atoms. The second-order valence-electron chi connectivity index (χ2n) is 5.27. The molecule has 3 rings (SSSR count). The van der Waals surface area contributed by atoms with Gasteiger partial charge in [-0.1, -0.05) is 30.3 Å². The van der Waals surface area contributed by atoms with Crippen molar-refractivity contribution in [3.8, 4) is 5.75 Å². The predicted molar refractivity (Wildman–Crippen MR) is 92.1 cm³/mol. The molecule has 4 heteroatoms. The van der Waals surface area contributed by atoms with Crippen LogP contribution in [0.5, 0.6) is 5.75 Å². The summed E-state index contributed by atoms with van der Waals surface area (Å²) in [4.78, 5) is 0. The van der Waals surface area contributed by atoms with Crippen molar-refractivity contribution in [3.63, 3.8) is 0 Å². The van der Waals surface area contributed by atoms with Gasteiger partial charge in [0.1, 0.15) is 18.2 Å². The van der Waals surface area contributed by atoms with Crippen LogP contribution in [0.3, 0.4) is 0 Å². The lowest BCUT2D eigenvalue weighted by atomic mass is 10.2. The Bertz CT molecular complexity index is 813. The van der Waals surface area contributed by atoms with Crippen LogP contribution in [0.2, 0.25) is 0 Å². The molecule has 0 saturated heterocycles. The van der Waals surface area contributed by atoms with Crippen LogP contribution in [0.4, 0.5) is 10.1 Å². The van der Waals surface area contributed by atoms with Crippen LogP contribution in [-0.4, -0.2) is 11.0 Å². The van der Waals surface area contributed by atoms with E-state index in [9.17, 15) is 9.60 Å². The van der Waals surface area contributed by atoms with E-state index in [1.807, 2.05) is 42.5 Å². The largest absolute Gasteiger partial charge is 0.618 e. The zero-order chi connectivity index (χ0) is 16.8. The van der Waals surface area contributed by atoms with Gasteiger partial charge in [0.15, 0.2) is 6.21 Å². The summed E-state index contributed by atoms with van der Waals surface area (Å²) in [6.45, 7) is 0.493. The molecule has 0 radical (unpaired) electrons. The highest BCUT2D eigenvalue weighted by Crippen LogP contribution is 2.15. The third-order valence-corrected chi connectivity index (χ3v) is 3.48. The van der Waals surface area contributed by atoms with Gasteiger partial charge in [0.2, 0.25) is 5.69 Å². The summed E-state index contributed by atoms with van der Waals surface area (Å²) in [7, 11) is 0. The molecule has 3 nitrogen and oxygen atoms in total. The topological polar surface area (TPSA) is 35.3 Å². The molecule has 0 atom stereocenters. The van der Waals surface area contributed by atoms with Crippen molar-refractivity contribution in [1.82, 2.24) is 0 Å². The molecule has 0 fully saturated rings. The maximum Gasteiger partial charge on any atom is 0.216 e. The van der Waals surface area contributed by atoms with Crippen molar-refractivity contribution < 1.29 is 13.9 Å². The second-order valence-corrected chi connectivity index (χ2v) is 5.27. The SMILES string of the molecule is [O-]/[N+](=C/c1ccc(OCc2ccccc2)cc1)c1ccc(F)cc1. The molecule has 0 aliphatic carbocycles. The molecule has 3 aromatic carbocycles. The van der Waals surface area contributed by atoms with Crippen molar-refractivity contribution in [3.05, 3.63) is 101 Å². The third kappa shape index (κ3) is 4.20. The molecule has 0 saturated carbocycles. The van der Waals surface area contributed by atoms with E-state index in [0.29, 0.717) is 17.0 Å². The highest BCUT2D eigenvalue weighted by Gasteiger charge is 2.03. The van der Waals surface area contributed by atoms with E-state index < -0.39 is 0 Å². The van der Waals surface area contributed by atoms with E-state index >= 15 is 0 Å². The van der Waals surface area contributed by atoms with Crippen LogP contribution >= 0.6 is 0 Å². The smallest absolute Gasteiger partial charge is 0.216 e. The molecule has 0 aromatic heterocycles. The Balaban J connectivity index is 1.65. The summed E-state index contributed by atoms with van der Waals surface area (Å²) in [6.07, 6.45) is 1.44. The van der Waals surface area contributed by atoms with Gasteiger partial charge in [-0.25, -0.2) is 4.39 Å². The van der Waals surface area contributed by atoms with Gasteiger partial charge < -0.3 is 9.94 Å². The first-order chi connectivity index (χ1) is 11.7. The van der Waals surface area contributed by atoms with Crippen LogP contribution in [0.15, 0.2) is 78.9 Å². The zero-order valence-corrected chi connectivity index (χ0v) is 12.9. The van der Waals surface area contributed by atoms with E-state index in [2.05, 4.69) is 0 Å². The van der Waals surface area contributed by atoms with Crippen molar-refractivity contribution in [1.29, 1.82) is 0 Å². The minimum absolute atomic E-state index is 0.368. The van der Waals surface area contributed by atoms with Gasteiger partial charge in [-0.2, -0.15) is 4.74 Å². The fraction of sp³-hybridized carbons (Fsp3) is 0.0500. The van der Waals surface area contributed by atoms with Gasteiger partial charge in [0.05, 0.1) is 0 Å². The highest BCUT2D eigenvalue weighted by atomic mass is 19.1. The average molecular weight is 321 g/mol. The summed E-state index contributed by atoms with van der Waals surface area (Å²) in [5, 5.41) is 12.0. The van der Waals surface area contributed by atoms with Crippen molar-refractivity contribution >= 4 is 11.9 Å². The summed E-state index contributed by atoms with van der Waals surface area (Å²) < 4.78 is 19.3. The molecule has 120 valence electrons. The van der Waals surface area contributed by atoms with Crippen LogP contribution in [-0.2, 0) is 6.61 Å². The van der Waals surface area contributed by atoms with Gasteiger partial charge in [0.25, 0.3) is 0 Å². The third-order valence-electron chi connectivity index (χ3n) is 3.48. The molecule has 0 unspecified atom stereocenters. The quantitative estimate of drug-likeness (QED) is 0.296. The zero-order valence-electron chi connectivity index (χ0n) is 12.9. The highest BCUT2D eigenvalue weighted by molar-refractivity contribution is 5.76. The second kappa shape index (κ2) is 7.42. The van der Waals surface area contributed by atoms with E-state index in [0.717, 1.165) is 16.9 Å². The van der Waals surface area contributed by atoms with Crippen LogP contribution in [0, 0.1) is 11.0 Å². The van der Waals surface area contributed by atoms with Crippen molar-refractivity contribution in [2.45, 2.75) is 6.61 Å². The van der Waals surface area contributed by atoms with Gasteiger partial charge >= 0.3 is 0 Å². The lowest BCUT2D eigenvalue weighted by Gasteiger charge is -2.06. The number of rotatable bonds is 5. The van der Waals surface area contributed by atoms with Gasteiger partial charge in [-0.05, 0) is 42.0 Å². The van der Waals surface area contributed by atoms with Gasteiger partial charge in [-0.15, -0.1) is 0 Å². The lowest BCUT2D eigenvalue weighted by Crippen LogP contribution is -1.99. The summed E-state index contributed by atoms with van der Waals surface area (Å²) in [5.41, 5.74) is 2.21. The molecular weight excluding hydrogens is 305 g/mol. The number of hydrogen-bond donors (Lipinski definition) is 0. The number of nitrogens with zero attached hydrogens (tertiary/aromatic N) is 1. The monoisotopic (exact) mass is 321 g/mol. The summed E-state index contributed by atoms with van der Waals surface area (Å²) >= 11 is 0. The van der Waals surface area contributed by atoms with Crippen LogP contribution in [0.25, 0.3) is 0 Å². The van der Waals surface area contributed by atoms with E-state index in [1.54, 1.807) is 12.1 Å². The molecule has 0 N–H and O–H groups in total. The lowest BCUT2D eigenvalue weighted by molar-refractivity contribution is -0.354. The Morgan fingerprint density at radius 1 is 0.875 bits per heavy atom. The Morgan fingerprint density at radius 2 is 1.54 bits per heavy atom. The first kappa shape index (κ1) is 15.7.